The Hall–Kier alpha value is -0.610. The van der Waals surface area contributed by atoms with Gasteiger partial charge in [0.05, 0.1) is 11.6 Å². The molecule has 0 aromatic heterocycles. The van der Waals surface area contributed by atoms with Crippen molar-refractivity contribution in [2.45, 2.75) is 12.8 Å². The van der Waals surface area contributed by atoms with Gasteiger partial charge in [-0.25, -0.2) is 4.39 Å². The van der Waals surface area contributed by atoms with Gasteiger partial charge in [0, 0.05) is 12.7 Å². The van der Waals surface area contributed by atoms with Crippen LogP contribution in [0.2, 0.25) is 0 Å². The molecule has 0 saturated carbocycles. The lowest BCUT2D eigenvalue weighted by Crippen LogP contribution is -1.96. The van der Waals surface area contributed by atoms with E-state index in [1.807, 2.05) is 0 Å². The second-order valence-electron chi connectivity index (χ2n) is 2.91. The number of rotatable bonds is 4. The smallest absolute Gasteiger partial charge is 0.141 e. The summed E-state index contributed by atoms with van der Waals surface area (Å²) < 4.78 is 18.6. The molecule has 0 fully saturated rings. The van der Waals surface area contributed by atoms with E-state index >= 15 is 0 Å². The molecule has 0 aliphatic heterocycles. The van der Waals surface area contributed by atoms with Crippen molar-refractivity contribution >= 4 is 15.9 Å². The van der Waals surface area contributed by atoms with E-state index in [0.29, 0.717) is 23.1 Å². The lowest BCUT2D eigenvalue weighted by atomic mass is 10.1. The van der Waals surface area contributed by atoms with Gasteiger partial charge in [-0.2, -0.15) is 0 Å². The van der Waals surface area contributed by atoms with E-state index in [9.17, 15) is 4.39 Å². The van der Waals surface area contributed by atoms with Gasteiger partial charge in [0.25, 0.3) is 0 Å². The Labute approximate surface area is 90.8 Å². The summed E-state index contributed by atoms with van der Waals surface area (Å²) in [6, 6.07) is 3.03. The number of hydrogen-bond acceptors (Lipinski definition) is 2. The monoisotopic (exact) mass is 262 g/mol. The number of benzene rings is 1. The van der Waals surface area contributed by atoms with E-state index in [2.05, 4.69) is 15.9 Å². The van der Waals surface area contributed by atoms with E-state index in [0.717, 1.165) is 5.56 Å². The highest BCUT2D eigenvalue weighted by atomic mass is 79.9. The predicted octanol–water partition coefficient (Wildman–Crippen LogP) is 2.52. The lowest BCUT2D eigenvalue weighted by molar-refractivity contribution is 0.287. The first-order chi connectivity index (χ1) is 6.69. The summed E-state index contributed by atoms with van der Waals surface area (Å²) >= 11 is 3.11. The molecule has 0 bridgehead atoms. The molecule has 0 heterocycles. The Morgan fingerprint density at radius 3 is 2.79 bits per heavy atom. The summed E-state index contributed by atoms with van der Waals surface area (Å²) in [6.07, 6.45) is 1.33. The summed E-state index contributed by atoms with van der Waals surface area (Å²) in [7, 11) is 1.51. The van der Waals surface area contributed by atoms with E-state index in [1.54, 1.807) is 6.07 Å². The van der Waals surface area contributed by atoms with Gasteiger partial charge in [0.15, 0.2) is 0 Å². The zero-order valence-electron chi connectivity index (χ0n) is 7.89. The summed E-state index contributed by atoms with van der Waals surface area (Å²) in [4.78, 5) is 0. The summed E-state index contributed by atoms with van der Waals surface area (Å²) in [5.41, 5.74) is 0.898. The highest BCUT2D eigenvalue weighted by Crippen LogP contribution is 2.27. The summed E-state index contributed by atoms with van der Waals surface area (Å²) in [5, 5.41) is 8.69. The van der Waals surface area contributed by atoms with E-state index in [1.165, 1.54) is 13.2 Å². The third kappa shape index (κ3) is 2.69. The number of aliphatic hydroxyl groups excluding tert-OH is 1. The van der Waals surface area contributed by atoms with Crippen molar-refractivity contribution in [3.05, 3.63) is 28.0 Å². The zero-order valence-corrected chi connectivity index (χ0v) is 9.47. The third-order valence-electron chi connectivity index (χ3n) is 1.93. The van der Waals surface area contributed by atoms with Crippen molar-refractivity contribution in [3.8, 4) is 5.75 Å². The molecule has 2 nitrogen and oxygen atoms in total. The van der Waals surface area contributed by atoms with E-state index in [4.69, 9.17) is 9.84 Å². The van der Waals surface area contributed by atoms with Crippen molar-refractivity contribution < 1.29 is 14.2 Å². The maximum atomic E-state index is 13.1. The molecule has 0 atom stereocenters. The van der Waals surface area contributed by atoms with Gasteiger partial charge in [-0.3, -0.25) is 0 Å². The molecule has 1 N–H and O–H groups in total. The molecule has 1 aromatic rings. The van der Waals surface area contributed by atoms with Crippen molar-refractivity contribution in [1.29, 1.82) is 0 Å². The van der Waals surface area contributed by atoms with Gasteiger partial charge in [0.1, 0.15) is 11.6 Å². The average molecular weight is 263 g/mol. The molecule has 1 rings (SSSR count). The van der Waals surface area contributed by atoms with Crippen LogP contribution in [-0.4, -0.2) is 18.8 Å². The Bertz CT molecular complexity index is 315. The molecule has 0 radical (unpaired) electrons. The van der Waals surface area contributed by atoms with Gasteiger partial charge in [-0.05, 0) is 40.4 Å². The zero-order chi connectivity index (χ0) is 10.6. The van der Waals surface area contributed by atoms with E-state index < -0.39 is 0 Å². The SMILES string of the molecule is COc1cc(F)c(Br)cc1CCCO. The Morgan fingerprint density at radius 1 is 1.50 bits per heavy atom. The standard InChI is InChI=1S/C10H12BrFO2/c1-14-10-6-9(12)8(11)5-7(10)3-2-4-13/h5-6,13H,2-4H2,1H3. The van der Waals surface area contributed by atoms with Crippen LogP contribution in [0.15, 0.2) is 16.6 Å². The molecular formula is C10H12BrFO2. The maximum absolute atomic E-state index is 13.1. The summed E-state index contributed by atoms with van der Waals surface area (Å²) in [5.74, 6) is 0.189. The number of halogens is 2. The van der Waals surface area contributed by atoms with Crippen LogP contribution in [0.3, 0.4) is 0 Å². The van der Waals surface area contributed by atoms with Gasteiger partial charge < -0.3 is 9.84 Å². The van der Waals surface area contributed by atoms with Gasteiger partial charge in [-0.15, -0.1) is 0 Å². The van der Waals surface area contributed by atoms with Gasteiger partial charge in [0.2, 0.25) is 0 Å². The third-order valence-corrected chi connectivity index (χ3v) is 2.54. The molecule has 0 aliphatic rings. The van der Waals surface area contributed by atoms with Crippen LogP contribution in [0.4, 0.5) is 4.39 Å². The highest BCUT2D eigenvalue weighted by Gasteiger charge is 2.08. The number of ether oxygens (including phenoxy) is 1. The van der Waals surface area contributed by atoms with Gasteiger partial charge >= 0.3 is 0 Å². The number of aryl methyl sites for hydroxylation is 1. The van der Waals surface area contributed by atoms with Crippen LogP contribution in [-0.2, 0) is 6.42 Å². The Morgan fingerprint density at radius 2 is 2.21 bits per heavy atom. The molecule has 4 heteroatoms. The van der Waals surface area contributed by atoms with Crippen molar-refractivity contribution in [2.75, 3.05) is 13.7 Å². The number of methoxy groups -OCH3 is 1. The van der Waals surface area contributed by atoms with Crippen LogP contribution in [0.1, 0.15) is 12.0 Å². The lowest BCUT2D eigenvalue weighted by Gasteiger charge is -2.08. The molecule has 0 unspecified atom stereocenters. The normalized spacial score (nSPS) is 10.3. The molecule has 0 spiro atoms. The molecule has 14 heavy (non-hydrogen) atoms. The first-order valence-corrected chi connectivity index (χ1v) is 5.11. The first-order valence-electron chi connectivity index (χ1n) is 4.31. The van der Waals surface area contributed by atoms with Gasteiger partial charge in [-0.1, -0.05) is 0 Å². The molecule has 0 aliphatic carbocycles. The minimum Gasteiger partial charge on any atom is -0.496 e. The molecule has 0 amide bonds. The maximum Gasteiger partial charge on any atom is 0.141 e. The highest BCUT2D eigenvalue weighted by molar-refractivity contribution is 9.10. The fourth-order valence-corrected chi connectivity index (χ4v) is 1.62. The predicted molar refractivity (Wildman–Crippen MR) is 56.1 cm³/mol. The first kappa shape index (κ1) is 11.5. The molecular weight excluding hydrogens is 251 g/mol. The average Bonchev–Trinajstić information content (AvgIpc) is 2.19. The van der Waals surface area contributed by atoms with Crippen LogP contribution in [0.25, 0.3) is 0 Å². The fourth-order valence-electron chi connectivity index (χ4n) is 1.22. The largest absolute Gasteiger partial charge is 0.496 e. The van der Waals surface area contributed by atoms with Crippen molar-refractivity contribution in [3.63, 3.8) is 0 Å². The Balaban J connectivity index is 2.95. The van der Waals surface area contributed by atoms with E-state index in [-0.39, 0.29) is 12.4 Å². The van der Waals surface area contributed by atoms with Crippen LogP contribution in [0, 0.1) is 5.82 Å². The van der Waals surface area contributed by atoms with Crippen LogP contribution < -0.4 is 4.74 Å². The molecule has 1 aromatic carbocycles. The van der Waals surface area contributed by atoms with Crippen LogP contribution in [0.5, 0.6) is 5.75 Å². The number of aliphatic hydroxyl groups is 1. The second-order valence-corrected chi connectivity index (χ2v) is 3.76. The minimum absolute atomic E-state index is 0.123. The fraction of sp³-hybridized carbons (Fsp3) is 0.400. The second kappa shape index (κ2) is 5.32. The molecule has 78 valence electrons. The quantitative estimate of drug-likeness (QED) is 0.904. The Kier molecular flexibility index (Phi) is 4.35. The minimum atomic E-state index is -0.338. The topological polar surface area (TPSA) is 29.5 Å². The van der Waals surface area contributed by atoms with Crippen molar-refractivity contribution in [1.82, 2.24) is 0 Å². The summed E-state index contributed by atoms with van der Waals surface area (Å²) in [6.45, 7) is 0.123. The molecule has 0 saturated heterocycles. The van der Waals surface area contributed by atoms with Crippen molar-refractivity contribution in [2.24, 2.45) is 0 Å². The van der Waals surface area contributed by atoms with Crippen LogP contribution >= 0.6 is 15.9 Å². The number of hydrogen-bond donors (Lipinski definition) is 1.